The van der Waals surface area contributed by atoms with Gasteiger partial charge in [-0.15, -0.1) is 0 Å². The zero-order valence-corrected chi connectivity index (χ0v) is 11.2. The van der Waals surface area contributed by atoms with Crippen molar-refractivity contribution in [2.24, 2.45) is 11.5 Å². The second-order valence-electron chi connectivity index (χ2n) is 3.97. The maximum absolute atomic E-state index is 11.4. The number of carbonyl (C=O) groups is 2. The van der Waals surface area contributed by atoms with E-state index < -0.39 is 5.91 Å². The second-order valence-corrected chi connectivity index (χ2v) is 5.07. The van der Waals surface area contributed by atoms with Crippen LogP contribution in [-0.2, 0) is 17.1 Å². The minimum Gasteiger partial charge on any atom is -0.364 e. The van der Waals surface area contributed by atoms with Crippen molar-refractivity contribution in [1.29, 1.82) is 0 Å². The molecule has 0 aliphatic rings. The summed E-state index contributed by atoms with van der Waals surface area (Å²) in [4.78, 5) is 22.3. The number of rotatable bonds is 7. The minimum absolute atomic E-state index is 0.0288. The molecule has 0 spiro atoms. The number of hydrogen-bond donors (Lipinski definition) is 2. The maximum Gasteiger partial charge on any atom is 0.283 e. The number of thioether (sulfide) groups is 1. The highest BCUT2D eigenvalue weighted by Gasteiger charge is 2.12. The maximum atomic E-state index is 11.4. The molecule has 0 unspecified atom stereocenters. The summed E-state index contributed by atoms with van der Waals surface area (Å²) in [6.45, 7) is 2.20. The Morgan fingerprint density at radius 1 is 1.39 bits per heavy atom. The Morgan fingerprint density at radius 2 is 2.11 bits per heavy atom. The Kier molecular flexibility index (Phi) is 5.80. The van der Waals surface area contributed by atoms with Gasteiger partial charge in [0, 0.05) is 23.6 Å². The van der Waals surface area contributed by atoms with Gasteiger partial charge in [0.1, 0.15) is 0 Å². The Bertz CT molecular complexity index is 449. The highest BCUT2D eigenvalue weighted by atomic mass is 32.2. The van der Waals surface area contributed by atoms with E-state index in [1.54, 1.807) is 22.5 Å². The van der Waals surface area contributed by atoms with E-state index in [0.717, 1.165) is 17.1 Å². The molecule has 1 heterocycles. The molecule has 1 aromatic heterocycles. The average molecular weight is 268 g/mol. The van der Waals surface area contributed by atoms with Gasteiger partial charge in [-0.25, -0.2) is 0 Å². The summed E-state index contributed by atoms with van der Waals surface area (Å²) in [5.41, 5.74) is 12.2. The monoisotopic (exact) mass is 268 g/mol. The SMILES string of the molecule is CC(=O)c1cc(CSCCN)c[n+](CC(N)=O)c1. The summed E-state index contributed by atoms with van der Waals surface area (Å²) in [5, 5.41) is 0. The fourth-order valence-electron chi connectivity index (χ4n) is 1.52. The number of ketones is 1. The first-order chi connectivity index (χ1) is 8.52. The molecule has 0 saturated heterocycles. The van der Waals surface area contributed by atoms with Crippen LogP contribution >= 0.6 is 11.8 Å². The lowest BCUT2D eigenvalue weighted by Gasteiger charge is -2.03. The Morgan fingerprint density at radius 3 is 2.67 bits per heavy atom. The Balaban J connectivity index is 2.90. The topological polar surface area (TPSA) is 90.1 Å². The first-order valence-electron chi connectivity index (χ1n) is 5.63. The van der Waals surface area contributed by atoms with Crippen LogP contribution in [0.5, 0.6) is 0 Å². The van der Waals surface area contributed by atoms with Crippen molar-refractivity contribution in [1.82, 2.24) is 0 Å². The van der Waals surface area contributed by atoms with Gasteiger partial charge in [0.25, 0.3) is 5.91 Å². The third kappa shape index (κ3) is 4.85. The number of amides is 1. The quantitative estimate of drug-likeness (QED) is 0.409. The molecule has 98 valence electrons. The van der Waals surface area contributed by atoms with Crippen molar-refractivity contribution in [2.45, 2.75) is 19.2 Å². The van der Waals surface area contributed by atoms with Gasteiger partial charge in [-0.2, -0.15) is 16.3 Å². The van der Waals surface area contributed by atoms with E-state index in [4.69, 9.17) is 11.5 Å². The predicted molar refractivity (Wildman–Crippen MR) is 71.1 cm³/mol. The lowest BCUT2D eigenvalue weighted by Crippen LogP contribution is -2.41. The molecule has 0 radical (unpaired) electrons. The van der Waals surface area contributed by atoms with Crippen molar-refractivity contribution in [3.05, 3.63) is 29.6 Å². The van der Waals surface area contributed by atoms with Crippen molar-refractivity contribution in [3.8, 4) is 0 Å². The van der Waals surface area contributed by atoms with Crippen LogP contribution in [0.25, 0.3) is 0 Å². The first-order valence-corrected chi connectivity index (χ1v) is 6.78. The van der Waals surface area contributed by atoms with E-state index in [1.807, 2.05) is 12.3 Å². The van der Waals surface area contributed by atoms with Gasteiger partial charge in [0.05, 0.1) is 5.56 Å². The van der Waals surface area contributed by atoms with Crippen LogP contribution in [0.4, 0.5) is 0 Å². The number of pyridine rings is 1. The van der Waals surface area contributed by atoms with Gasteiger partial charge < -0.3 is 11.5 Å². The molecule has 0 aromatic carbocycles. The van der Waals surface area contributed by atoms with Crippen LogP contribution in [-0.4, -0.2) is 24.0 Å². The van der Waals surface area contributed by atoms with E-state index >= 15 is 0 Å². The van der Waals surface area contributed by atoms with Gasteiger partial charge >= 0.3 is 0 Å². The van der Waals surface area contributed by atoms with Crippen molar-refractivity contribution in [2.75, 3.05) is 12.3 Å². The van der Waals surface area contributed by atoms with Crippen LogP contribution in [0, 0.1) is 0 Å². The fraction of sp³-hybridized carbons (Fsp3) is 0.417. The number of hydrogen-bond acceptors (Lipinski definition) is 4. The van der Waals surface area contributed by atoms with E-state index in [0.29, 0.717) is 12.1 Å². The Labute approximate surface area is 111 Å². The average Bonchev–Trinajstić information content (AvgIpc) is 2.28. The molecule has 0 fully saturated rings. The summed E-state index contributed by atoms with van der Waals surface area (Å²) in [6, 6.07) is 1.84. The third-order valence-electron chi connectivity index (χ3n) is 2.25. The van der Waals surface area contributed by atoms with Gasteiger partial charge in [-0.3, -0.25) is 9.59 Å². The van der Waals surface area contributed by atoms with Crippen molar-refractivity contribution >= 4 is 23.5 Å². The molecule has 5 nitrogen and oxygen atoms in total. The molecule has 18 heavy (non-hydrogen) atoms. The fourth-order valence-corrected chi connectivity index (χ4v) is 2.22. The molecule has 6 heteroatoms. The lowest BCUT2D eigenvalue weighted by molar-refractivity contribution is -0.684. The van der Waals surface area contributed by atoms with Gasteiger partial charge in [-0.1, -0.05) is 0 Å². The summed E-state index contributed by atoms with van der Waals surface area (Å²) >= 11 is 1.69. The minimum atomic E-state index is -0.429. The van der Waals surface area contributed by atoms with Crippen LogP contribution in [0.15, 0.2) is 18.5 Å². The number of Topliss-reactive ketones (excluding diaryl/α,β-unsaturated/α-hetero) is 1. The molecule has 0 atom stereocenters. The van der Waals surface area contributed by atoms with Crippen LogP contribution in [0.2, 0.25) is 0 Å². The first kappa shape index (κ1) is 14.7. The molecular formula is C12H18N3O2S+. The molecular weight excluding hydrogens is 250 g/mol. The van der Waals surface area contributed by atoms with Gasteiger partial charge in [-0.05, 0) is 13.0 Å². The number of primary amides is 1. The molecule has 1 amide bonds. The molecule has 0 aliphatic carbocycles. The van der Waals surface area contributed by atoms with E-state index in [2.05, 4.69) is 0 Å². The number of nitrogens with two attached hydrogens (primary N) is 2. The van der Waals surface area contributed by atoms with Gasteiger partial charge in [0.2, 0.25) is 6.54 Å². The summed E-state index contributed by atoms with van der Waals surface area (Å²) in [6.07, 6.45) is 3.48. The van der Waals surface area contributed by atoms with Crippen molar-refractivity contribution < 1.29 is 14.2 Å². The lowest BCUT2D eigenvalue weighted by atomic mass is 10.1. The highest BCUT2D eigenvalue weighted by Crippen LogP contribution is 2.11. The van der Waals surface area contributed by atoms with E-state index in [-0.39, 0.29) is 12.3 Å². The molecule has 0 aliphatic heterocycles. The standard InChI is InChI=1S/C12H17N3O2S/c1-9(16)11-4-10(8-18-3-2-13)5-15(6-11)7-12(14)17/h4-6H,2-3,7-8,13H2,1H3,(H-,14,17)/p+1. The number of aromatic nitrogens is 1. The molecule has 0 saturated carbocycles. The zero-order valence-electron chi connectivity index (χ0n) is 10.4. The summed E-state index contributed by atoms with van der Waals surface area (Å²) < 4.78 is 1.65. The molecule has 1 rings (SSSR count). The second kappa shape index (κ2) is 7.13. The van der Waals surface area contributed by atoms with Crippen LogP contribution < -0.4 is 16.0 Å². The zero-order chi connectivity index (χ0) is 13.5. The summed E-state index contributed by atoms with van der Waals surface area (Å²) in [7, 11) is 0. The predicted octanol–water partition coefficient (Wildman–Crippen LogP) is -0.146. The van der Waals surface area contributed by atoms with E-state index in [9.17, 15) is 9.59 Å². The highest BCUT2D eigenvalue weighted by molar-refractivity contribution is 7.98. The largest absolute Gasteiger partial charge is 0.364 e. The Hall–Kier alpha value is -1.40. The molecule has 1 aromatic rings. The molecule has 4 N–H and O–H groups in total. The molecule has 0 bridgehead atoms. The van der Waals surface area contributed by atoms with Crippen LogP contribution in [0.1, 0.15) is 22.8 Å². The third-order valence-corrected chi connectivity index (χ3v) is 3.32. The smallest absolute Gasteiger partial charge is 0.283 e. The number of carbonyl (C=O) groups excluding carboxylic acids is 2. The van der Waals surface area contributed by atoms with E-state index in [1.165, 1.54) is 6.92 Å². The summed E-state index contributed by atoms with van der Waals surface area (Å²) in [5.74, 6) is 1.16. The normalized spacial score (nSPS) is 10.3. The van der Waals surface area contributed by atoms with Gasteiger partial charge in [0.15, 0.2) is 18.2 Å². The van der Waals surface area contributed by atoms with Crippen molar-refractivity contribution in [3.63, 3.8) is 0 Å². The van der Waals surface area contributed by atoms with Crippen LogP contribution in [0.3, 0.4) is 0 Å². The number of nitrogens with zero attached hydrogens (tertiary/aromatic N) is 1.